The number of carboxylic acid groups (broad SMARTS) is 1. The molecule has 0 heterocycles. The Balaban J connectivity index is 2.55. The lowest BCUT2D eigenvalue weighted by atomic mass is 9.89. The normalized spacial score (nSPS) is 20.9. The molecule has 0 aromatic heterocycles. The molecule has 14 nitrogen and oxygen atoms in total. The molecule has 63 heavy (non-hydrogen) atoms. The van der Waals surface area contributed by atoms with Gasteiger partial charge in [0, 0.05) is 25.2 Å². The SMILES string of the molecule is CCCCC/C=C\C/C=C\C/C=C\C/C=C\C/C=C\CCC(=O)OC[C@H](COP(=O)(O)OC[C@H](N)C(=O)O)OC(=O)CCC/C=C/C[C@@H]1[C@@H](/C=C/[C@@H](O)CCCCC)[C@H](O)C[C@@H]1O. The molecule has 0 saturated heterocycles. The molecule has 358 valence electrons. The van der Waals surface area contributed by atoms with E-state index in [1.54, 1.807) is 6.08 Å². The summed E-state index contributed by atoms with van der Waals surface area (Å²) in [5, 5.41) is 40.3. The van der Waals surface area contributed by atoms with Gasteiger partial charge in [0.2, 0.25) is 0 Å². The monoisotopic (exact) mass is 908 g/mol. The Morgan fingerprint density at radius 3 is 1.87 bits per heavy atom. The highest BCUT2D eigenvalue weighted by Crippen LogP contribution is 2.43. The summed E-state index contributed by atoms with van der Waals surface area (Å²) >= 11 is 0. The number of carbonyl (C=O) groups excluding carboxylic acids is 2. The molecule has 1 fully saturated rings. The van der Waals surface area contributed by atoms with Crippen LogP contribution in [0.5, 0.6) is 0 Å². The number of aliphatic hydroxyl groups is 3. The summed E-state index contributed by atoms with van der Waals surface area (Å²) in [6, 6.07) is -1.58. The zero-order valence-corrected chi connectivity index (χ0v) is 38.6. The average Bonchev–Trinajstić information content (AvgIpc) is 3.52. The molecular weight excluding hydrogens is 829 g/mol. The van der Waals surface area contributed by atoms with Gasteiger partial charge in [0.15, 0.2) is 6.10 Å². The van der Waals surface area contributed by atoms with Crippen molar-refractivity contribution in [3.63, 3.8) is 0 Å². The Bertz CT molecular complexity index is 1510. The molecule has 0 bridgehead atoms. The summed E-state index contributed by atoms with van der Waals surface area (Å²) < 4.78 is 32.6. The maximum atomic E-state index is 12.7. The van der Waals surface area contributed by atoms with Crippen LogP contribution in [0, 0.1) is 11.8 Å². The molecule has 0 spiro atoms. The van der Waals surface area contributed by atoms with Gasteiger partial charge in [-0.05, 0) is 76.5 Å². The molecule has 1 rings (SSSR count). The van der Waals surface area contributed by atoms with Crippen molar-refractivity contribution in [3.8, 4) is 0 Å². The minimum absolute atomic E-state index is 0.0359. The maximum absolute atomic E-state index is 12.7. The number of allylic oxidation sites excluding steroid dienone is 12. The first-order valence-electron chi connectivity index (χ1n) is 22.9. The van der Waals surface area contributed by atoms with Crippen LogP contribution in [-0.2, 0) is 37.5 Å². The van der Waals surface area contributed by atoms with Crippen LogP contribution in [0.3, 0.4) is 0 Å². The lowest BCUT2D eigenvalue weighted by Gasteiger charge is -2.20. The Hall–Kier alpha value is -3.46. The Labute approximate surface area is 376 Å². The molecule has 7 N–H and O–H groups in total. The number of unbranched alkanes of at least 4 members (excludes halogenated alkanes) is 6. The smallest absolute Gasteiger partial charge is 0.472 e. The summed E-state index contributed by atoms with van der Waals surface area (Å²) in [7, 11) is -4.81. The molecule has 8 atom stereocenters. The van der Waals surface area contributed by atoms with Crippen LogP contribution in [0.4, 0.5) is 0 Å². The minimum atomic E-state index is -4.81. The van der Waals surface area contributed by atoms with Crippen molar-refractivity contribution in [1.29, 1.82) is 0 Å². The minimum Gasteiger partial charge on any atom is -0.480 e. The molecule has 1 aliphatic rings. The standard InChI is InChI=1S/C48H78NO13P/c1-3-5-7-8-9-10-11-12-13-14-15-16-17-18-19-20-21-22-27-31-46(53)59-36-40(37-60-63(57,58)61-38-43(49)48(55)56)62-47(54)32-28-24-23-26-30-41-42(45(52)35-44(41)51)34-33-39(50)29-25-6-4-2/h9-10,12-13,15-16,18-19,21-23,26,33-34,39-45,50-52H,3-8,11,14,17,20,24-25,27-32,35-38,49H2,1-2H3,(H,55,56)(H,57,58)/b10-9-,13-12-,16-15-,19-18-,22-21-,26-23+,34-33+/t39-,40+,41+,42+,43-,44-,45+/m0/s1. The summed E-state index contributed by atoms with van der Waals surface area (Å²) in [6.45, 7) is 2.33. The average molecular weight is 908 g/mol. The Morgan fingerprint density at radius 1 is 0.698 bits per heavy atom. The lowest BCUT2D eigenvalue weighted by molar-refractivity contribution is -0.161. The van der Waals surface area contributed by atoms with Gasteiger partial charge in [0.25, 0.3) is 0 Å². The summed E-state index contributed by atoms with van der Waals surface area (Å²) in [5.41, 5.74) is 5.33. The number of carboxylic acids is 1. The van der Waals surface area contributed by atoms with Gasteiger partial charge in [-0.25, -0.2) is 4.57 Å². The third kappa shape index (κ3) is 31.1. The number of hydrogen-bond acceptors (Lipinski definition) is 12. The highest BCUT2D eigenvalue weighted by molar-refractivity contribution is 7.47. The third-order valence-corrected chi connectivity index (χ3v) is 11.1. The summed E-state index contributed by atoms with van der Waals surface area (Å²) in [4.78, 5) is 46.2. The third-order valence-electron chi connectivity index (χ3n) is 10.2. The first-order chi connectivity index (χ1) is 30.3. The van der Waals surface area contributed by atoms with Crippen LogP contribution in [0.1, 0.15) is 136 Å². The highest BCUT2D eigenvalue weighted by Gasteiger charge is 2.39. The zero-order chi connectivity index (χ0) is 46.6. The first-order valence-corrected chi connectivity index (χ1v) is 24.4. The second-order valence-electron chi connectivity index (χ2n) is 15.8. The fraction of sp³-hybridized carbons (Fsp3) is 0.646. The number of phosphoric acid groups is 1. The van der Waals surface area contributed by atoms with E-state index in [2.05, 4.69) is 60.9 Å². The van der Waals surface area contributed by atoms with E-state index in [9.17, 15) is 39.2 Å². The van der Waals surface area contributed by atoms with Gasteiger partial charge in [-0.1, -0.05) is 131 Å². The van der Waals surface area contributed by atoms with Gasteiger partial charge >= 0.3 is 25.7 Å². The second-order valence-corrected chi connectivity index (χ2v) is 17.2. The molecular formula is C48H78NO13P. The van der Waals surface area contributed by atoms with Crippen molar-refractivity contribution < 1.29 is 62.8 Å². The fourth-order valence-corrected chi connectivity index (χ4v) is 7.29. The predicted molar refractivity (Wildman–Crippen MR) is 246 cm³/mol. The van der Waals surface area contributed by atoms with Crippen molar-refractivity contribution in [2.75, 3.05) is 19.8 Å². The van der Waals surface area contributed by atoms with Gasteiger partial charge in [0.1, 0.15) is 12.6 Å². The van der Waals surface area contributed by atoms with E-state index in [0.717, 1.165) is 44.9 Å². The molecule has 0 aromatic carbocycles. The van der Waals surface area contributed by atoms with Crippen LogP contribution in [0.2, 0.25) is 0 Å². The highest BCUT2D eigenvalue weighted by atomic mass is 31.2. The van der Waals surface area contributed by atoms with E-state index < -0.39 is 76.0 Å². The van der Waals surface area contributed by atoms with E-state index in [4.69, 9.17) is 24.8 Å². The van der Waals surface area contributed by atoms with Crippen molar-refractivity contribution >= 4 is 25.7 Å². The quantitative estimate of drug-likeness (QED) is 0.0148. The Morgan fingerprint density at radius 2 is 1.25 bits per heavy atom. The number of aliphatic hydroxyl groups excluding tert-OH is 3. The number of carbonyl (C=O) groups is 3. The van der Waals surface area contributed by atoms with Gasteiger partial charge in [-0.15, -0.1) is 0 Å². The molecule has 0 aliphatic heterocycles. The van der Waals surface area contributed by atoms with Crippen LogP contribution in [-0.4, -0.2) is 93.5 Å². The van der Waals surface area contributed by atoms with Crippen molar-refractivity contribution in [1.82, 2.24) is 0 Å². The summed E-state index contributed by atoms with van der Waals surface area (Å²) in [6.07, 6.45) is 39.0. The largest absolute Gasteiger partial charge is 0.480 e. The number of hydrogen-bond donors (Lipinski definition) is 6. The van der Waals surface area contributed by atoms with Crippen LogP contribution in [0.15, 0.2) is 85.1 Å². The van der Waals surface area contributed by atoms with Gasteiger partial charge < -0.3 is 40.5 Å². The first kappa shape index (κ1) is 57.6. The van der Waals surface area contributed by atoms with Crippen molar-refractivity contribution in [3.05, 3.63) is 85.1 Å². The van der Waals surface area contributed by atoms with Gasteiger partial charge in [-0.2, -0.15) is 0 Å². The molecule has 1 unspecified atom stereocenters. The number of phosphoric ester groups is 1. The molecule has 1 saturated carbocycles. The van der Waals surface area contributed by atoms with E-state index in [1.165, 1.54) is 19.3 Å². The predicted octanol–water partition coefficient (Wildman–Crippen LogP) is 8.66. The number of rotatable bonds is 37. The number of nitrogens with two attached hydrogens (primary N) is 1. The van der Waals surface area contributed by atoms with Gasteiger partial charge in [-0.3, -0.25) is 23.4 Å². The number of aliphatic carboxylic acids is 1. The maximum Gasteiger partial charge on any atom is 0.472 e. The zero-order valence-electron chi connectivity index (χ0n) is 37.7. The van der Waals surface area contributed by atoms with Crippen LogP contribution in [0.25, 0.3) is 0 Å². The van der Waals surface area contributed by atoms with Crippen molar-refractivity contribution in [2.24, 2.45) is 17.6 Å². The number of ether oxygens (including phenoxy) is 2. The Kier molecular flexibility index (Phi) is 33.7. The fourth-order valence-electron chi connectivity index (χ4n) is 6.51. The molecule has 0 amide bonds. The lowest BCUT2D eigenvalue weighted by Crippen LogP contribution is -2.34. The summed E-state index contributed by atoms with van der Waals surface area (Å²) in [5.74, 6) is -3.22. The van der Waals surface area contributed by atoms with Gasteiger partial charge in [0.05, 0.1) is 31.5 Å². The molecule has 15 heteroatoms. The molecule has 0 aromatic rings. The van der Waals surface area contributed by atoms with E-state index in [0.29, 0.717) is 38.5 Å². The van der Waals surface area contributed by atoms with E-state index in [-0.39, 0.29) is 31.1 Å². The van der Waals surface area contributed by atoms with E-state index in [1.807, 2.05) is 36.5 Å². The molecule has 1 aliphatic carbocycles. The van der Waals surface area contributed by atoms with Crippen molar-refractivity contribution in [2.45, 2.75) is 166 Å². The van der Waals surface area contributed by atoms with Crippen LogP contribution >= 0.6 is 7.82 Å². The second kappa shape index (κ2) is 36.8. The van der Waals surface area contributed by atoms with E-state index >= 15 is 0 Å². The number of esters is 2. The topological polar surface area (TPSA) is 232 Å². The van der Waals surface area contributed by atoms with Crippen LogP contribution < -0.4 is 5.73 Å². The molecule has 0 radical (unpaired) electrons.